The molecule has 2 aromatic carbocycles. The number of hydrogen-bond acceptors (Lipinski definition) is 3. The lowest BCUT2D eigenvalue weighted by molar-refractivity contribution is -0.127. The topological polar surface area (TPSA) is 52.7 Å². The minimum absolute atomic E-state index is 0.0219. The number of piperazine rings is 1. The molecule has 1 N–H and O–H groups in total. The first kappa shape index (κ1) is 22.1. The van der Waals surface area contributed by atoms with Gasteiger partial charge in [0.25, 0.3) is 0 Å². The number of carbonyl (C=O) groups excluding carboxylic acids is 2. The summed E-state index contributed by atoms with van der Waals surface area (Å²) < 4.78 is 0. The Balaban J connectivity index is 1.48. The fourth-order valence-electron chi connectivity index (χ4n) is 3.51. The standard InChI is InChI=1S/C24H28ClN3O2/c1-17-7-8-20(15-21(17)25)9-10-23(30)28-13-11-27(12-14-28)16-22(29)26-24-18(2)5-4-6-19(24)3/h4-10,15H,11-14,16H2,1-3H3,(H,26,29). The molecule has 0 atom stereocenters. The lowest BCUT2D eigenvalue weighted by atomic mass is 10.1. The van der Waals surface area contributed by atoms with Gasteiger partial charge in [-0.05, 0) is 55.2 Å². The monoisotopic (exact) mass is 425 g/mol. The van der Waals surface area contributed by atoms with Crippen LogP contribution in [0.1, 0.15) is 22.3 Å². The highest BCUT2D eigenvalue weighted by molar-refractivity contribution is 6.31. The highest BCUT2D eigenvalue weighted by atomic mass is 35.5. The molecular formula is C24H28ClN3O2. The van der Waals surface area contributed by atoms with E-state index in [1.54, 1.807) is 12.2 Å². The molecule has 2 aromatic rings. The molecular weight excluding hydrogens is 398 g/mol. The average molecular weight is 426 g/mol. The van der Waals surface area contributed by atoms with E-state index >= 15 is 0 Å². The maximum atomic E-state index is 12.5. The number of halogens is 1. The first-order valence-electron chi connectivity index (χ1n) is 10.1. The highest BCUT2D eigenvalue weighted by Gasteiger charge is 2.21. The van der Waals surface area contributed by atoms with Crippen LogP contribution in [0.4, 0.5) is 5.69 Å². The molecule has 158 valence electrons. The van der Waals surface area contributed by atoms with Gasteiger partial charge in [-0.2, -0.15) is 0 Å². The molecule has 1 saturated heterocycles. The van der Waals surface area contributed by atoms with E-state index in [9.17, 15) is 9.59 Å². The van der Waals surface area contributed by atoms with Gasteiger partial charge in [0.1, 0.15) is 0 Å². The van der Waals surface area contributed by atoms with Crippen molar-refractivity contribution in [1.29, 1.82) is 0 Å². The zero-order valence-corrected chi connectivity index (χ0v) is 18.5. The smallest absolute Gasteiger partial charge is 0.246 e. The fraction of sp³-hybridized carbons (Fsp3) is 0.333. The zero-order chi connectivity index (χ0) is 21.7. The lowest BCUT2D eigenvalue weighted by Gasteiger charge is -2.33. The number of benzene rings is 2. The predicted octanol–water partition coefficient (Wildman–Crippen LogP) is 4.06. The predicted molar refractivity (Wildman–Crippen MR) is 123 cm³/mol. The van der Waals surface area contributed by atoms with E-state index in [2.05, 4.69) is 10.2 Å². The van der Waals surface area contributed by atoms with Crippen molar-refractivity contribution in [2.24, 2.45) is 0 Å². The van der Waals surface area contributed by atoms with Crippen molar-refractivity contribution in [2.45, 2.75) is 20.8 Å². The highest BCUT2D eigenvalue weighted by Crippen LogP contribution is 2.20. The molecule has 6 heteroatoms. The Morgan fingerprint density at radius 1 is 1.00 bits per heavy atom. The Bertz CT molecular complexity index is 943. The van der Waals surface area contributed by atoms with Gasteiger partial charge in [0, 0.05) is 43.0 Å². The van der Waals surface area contributed by atoms with Gasteiger partial charge in [-0.15, -0.1) is 0 Å². The first-order valence-corrected chi connectivity index (χ1v) is 10.5. The number of hydrogen-bond donors (Lipinski definition) is 1. The molecule has 1 fully saturated rings. The van der Waals surface area contributed by atoms with Gasteiger partial charge in [-0.3, -0.25) is 14.5 Å². The van der Waals surface area contributed by atoms with Crippen LogP contribution in [0.3, 0.4) is 0 Å². The summed E-state index contributed by atoms with van der Waals surface area (Å²) >= 11 is 6.14. The average Bonchev–Trinajstić information content (AvgIpc) is 2.72. The molecule has 1 aliphatic heterocycles. The molecule has 0 aliphatic carbocycles. The molecule has 0 bridgehead atoms. The van der Waals surface area contributed by atoms with Gasteiger partial charge in [-0.25, -0.2) is 0 Å². The van der Waals surface area contributed by atoms with Crippen LogP contribution in [0, 0.1) is 20.8 Å². The van der Waals surface area contributed by atoms with E-state index < -0.39 is 0 Å². The van der Waals surface area contributed by atoms with Crippen LogP contribution < -0.4 is 5.32 Å². The van der Waals surface area contributed by atoms with Gasteiger partial charge in [-0.1, -0.05) is 41.9 Å². The molecule has 0 spiro atoms. The van der Waals surface area contributed by atoms with Crippen molar-refractivity contribution in [3.05, 3.63) is 69.8 Å². The first-order chi connectivity index (χ1) is 14.3. The molecule has 0 unspecified atom stereocenters. The third-order valence-corrected chi connectivity index (χ3v) is 5.82. The Morgan fingerprint density at radius 2 is 1.67 bits per heavy atom. The Hall–Kier alpha value is -2.63. The molecule has 0 saturated carbocycles. The van der Waals surface area contributed by atoms with Gasteiger partial charge in [0.15, 0.2) is 0 Å². The van der Waals surface area contributed by atoms with Crippen LogP contribution >= 0.6 is 11.6 Å². The van der Waals surface area contributed by atoms with Gasteiger partial charge in [0.05, 0.1) is 6.54 Å². The summed E-state index contributed by atoms with van der Waals surface area (Å²) in [6.07, 6.45) is 3.38. The Kier molecular flexibility index (Phi) is 7.29. The molecule has 1 aliphatic rings. The number of rotatable bonds is 5. The minimum Gasteiger partial charge on any atom is -0.337 e. The fourth-order valence-corrected chi connectivity index (χ4v) is 3.69. The van der Waals surface area contributed by atoms with Crippen LogP contribution in [0.5, 0.6) is 0 Å². The molecule has 1 heterocycles. The molecule has 3 rings (SSSR count). The summed E-state index contributed by atoms with van der Waals surface area (Å²) in [6, 6.07) is 11.7. The SMILES string of the molecule is Cc1ccc(C=CC(=O)N2CCN(CC(=O)Nc3c(C)cccc3C)CC2)cc1Cl. The second-order valence-corrected chi connectivity index (χ2v) is 8.17. The molecule has 5 nitrogen and oxygen atoms in total. The van der Waals surface area contributed by atoms with Crippen LogP contribution in [0.25, 0.3) is 6.08 Å². The van der Waals surface area contributed by atoms with Crippen molar-refractivity contribution >= 4 is 35.2 Å². The number of carbonyl (C=O) groups is 2. The zero-order valence-electron chi connectivity index (χ0n) is 17.7. The molecule has 0 radical (unpaired) electrons. The quantitative estimate of drug-likeness (QED) is 0.735. The summed E-state index contributed by atoms with van der Waals surface area (Å²) in [5.74, 6) is -0.0466. The van der Waals surface area contributed by atoms with Crippen LogP contribution in [-0.4, -0.2) is 54.3 Å². The number of nitrogens with one attached hydrogen (secondary N) is 1. The van der Waals surface area contributed by atoms with Crippen molar-refractivity contribution < 1.29 is 9.59 Å². The molecule has 2 amide bonds. The molecule has 30 heavy (non-hydrogen) atoms. The van der Waals surface area contributed by atoms with Crippen LogP contribution in [0.15, 0.2) is 42.5 Å². The van der Waals surface area contributed by atoms with Crippen LogP contribution in [-0.2, 0) is 9.59 Å². The molecule has 0 aromatic heterocycles. The van der Waals surface area contributed by atoms with Crippen molar-refractivity contribution in [3.63, 3.8) is 0 Å². The van der Waals surface area contributed by atoms with Crippen molar-refractivity contribution in [2.75, 3.05) is 38.0 Å². The largest absolute Gasteiger partial charge is 0.337 e. The second kappa shape index (κ2) is 9.92. The Morgan fingerprint density at radius 3 is 2.30 bits per heavy atom. The summed E-state index contributed by atoms with van der Waals surface area (Å²) in [5.41, 5.74) is 4.91. The lowest BCUT2D eigenvalue weighted by Crippen LogP contribution is -2.50. The van der Waals surface area contributed by atoms with Crippen LogP contribution in [0.2, 0.25) is 5.02 Å². The summed E-state index contributed by atoms with van der Waals surface area (Å²) in [5, 5.41) is 3.72. The number of nitrogens with zero attached hydrogens (tertiary/aromatic N) is 2. The third-order valence-electron chi connectivity index (χ3n) is 5.41. The van der Waals surface area contributed by atoms with Gasteiger partial charge >= 0.3 is 0 Å². The third kappa shape index (κ3) is 5.71. The second-order valence-electron chi connectivity index (χ2n) is 7.76. The normalized spacial score (nSPS) is 14.9. The van der Waals surface area contributed by atoms with E-state index in [0.29, 0.717) is 37.7 Å². The summed E-state index contributed by atoms with van der Waals surface area (Å²) in [7, 11) is 0. The minimum atomic E-state index is -0.0247. The van der Waals surface area contributed by atoms with Gasteiger partial charge in [0.2, 0.25) is 11.8 Å². The maximum absolute atomic E-state index is 12.5. The number of anilines is 1. The summed E-state index contributed by atoms with van der Waals surface area (Å²) in [4.78, 5) is 28.8. The van der Waals surface area contributed by atoms with Crippen molar-refractivity contribution in [1.82, 2.24) is 9.80 Å². The number of aryl methyl sites for hydroxylation is 3. The van der Waals surface area contributed by atoms with Gasteiger partial charge < -0.3 is 10.2 Å². The van der Waals surface area contributed by atoms with Crippen molar-refractivity contribution in [3.8, 4) is 0 Å². The number of para-hydroxylation sites is 1. The van der Waals surface area contributed by atoms with E-state index in [4.69, 9.17) is 11.6 Å². The maximum Gasteiger partial charge on any atom is 0.246 e. The van der Waals surface area contributed by atoms with E-state index in [1.165, 1.54) is 0 Å². The van der Waals surface area contributed by atoms with E-state index in [-0.39, 0.29) is 11.8 Å². The van der Waals surface area contributed by atoms with E-state index in [0.717, 1.165) is 27.9 Å². The number of amides is 2. The van der Waals surface area contributed by atoms with E-state index in [1.807, 2.05) is 62.1 Å². The summed E-state index contributed by atoms with van der Waals surface area (Å²) in [6.45, 7) is 8.82. The Labute approximate surface area is 183 Å².